The van der Waals surface area contributed by atoms with E-state index in [2.05, 4.69) is 11.9 Å². The third-order valence-corrected chi connectivity index (χ3v) is 4.65. The van der Waals surface area contributed by atoms with Gasteiger partial charge in [0.2, 0.25) is 0 Å². The quantitative estimate of drug-likeness (QED) is 0.416. The van der Waals surface area contributed by atoms with Gasteiger partial charge in [0.25, 0.3) is 0 Å². The van der Waals surface area contributed by atoms with Gasteiger partial charge in [-0.1, -0.05) is 24.8 Å². The molecule has 0 fully saturated rings. The van der Waals surface area contributed by atoms with E-state index in [0.29, 0.717) is 29.6 Å². The molecule has 0 spiro atoms. The Hall–Kier alpha value is -2.38. The van der Waals surface area contributed by atoms with Crippen LogP contribution in [0.15, 0.2) is 48.2 Å². The van der Waals surface area contributed by atoms with Crippen LogP contribution in [-0.4, -0.2) is 49.5 Å². The molecule has 0 saturated heterocycles. The Kier molecular flexibility index (Phi) is 7.38. The number of ether oxygens (including phenoxy) is 3. The highest BCUT2D eigenvalue weighted by atomic mass is 32.1. The van der Waals surface area contributed by atoms with E-state index in [0.717, 1.165) is 11.3 Å². The molecule has 0 unspecified atom stereocenters. The Morgan fingerprint density at radius 2 is 2.19 bits per heavy atom. The number of allylic oxidation sites excluding steroid dienone is 1. The maximum atomic E-state index is 12.6. The average Bonchev–Trinajstić information content (AvgIpc) is 2.65. The number of rotatable bonds is 8. The number of thiocarbonyl (C=S) groups is 1. The van der Waals surface area contributed by atoms with Crippen LogP contribution in [0.5, 0.6) is 5.75 Å². The summed E-state index contributed by atoms with van der Waals surface area (Å²) < 4.78 is 15.9. The lowest BCUT2D eigenvalue weighted by atomic mass is 9.94. The zero-order valence-electron chi connectivity index (χ0n) is 16.2. The van der Waals surface area contributed by atoms with Gasteiger partial charge in [0.05, 0.1) is 31.4 Å². The maximum absolute atomic E-state index is 12.6. The van der Waals surface area contributed by atoms with Crippen molar-refractivity contribution in [3.63, 3.8) is 0 Å². The van der Waals surface area contributed by atoms with Crippen LogP contribution in [0.2, 0.25) is 0 Å². The monoisotopic (exact) mass is 390 g/mol. The van der Waals surface area contributed by atoms with Gasteiger partial charge >= 0.3 is 5.97 Å². The van der Waals surface area contributed by atoms with Crippen LogP contribution in [-0.2, 0) is 14.3 Å². The molecule has 1 heterocycles. The largest absolute Gasteiger partial charge is 0.490 e. The van der Waals surface area contributed by atoms with Crippen LogP contribution >= 0.6 is 12.2 Å². The molecule has 1 aromatic rings. The highest BCUT2D eigenvalue weighted by Crippen LogP contribution is 2.33. The van der Waals surface area contributed by atoms with Gasteiger partial charge in [0.15, 0.2) is 5.11 Å². The molecule has 0 radical (unpaired) electrons. The first-order chi connectivity index (χ1) is 12.9. The molecule has 0 aromatic heterocycles. The summed E-state index contributed by atoms with van der Waals surface area (Å²) in [5.74, 6) is 0.289. The second-order valence-corrected chi connectivity index (χ2v) is 6.61. The summed E-state index contributed by atoms with van der Waals surface area (Å²) in [5, 5.41) is 3.80. The fraction of sp³-hybridized carbons (Fsp3) is 0.400. The topological polar surface area (TPSA) is 60.0 Å². The van der Waals surface area contributed by atoms with Crippen LogP contribution in [0.4, 0.5) is 0 Å². The lowest BCUT2D eigenvalue weighted by Crippen LogP contribution is -2.52. The summed E-state index contributed by atoms with van der Waals surface area (Å²) in [4.78, 5) is 14.5. The summed E-state index contributed by atoms with van der Waals surface area (Å²) in [7, 11) is 3.01. The van der Waals surface area contributed by atoms with E-state index >= 15 is 0 Å². The van der Waals surface area contributed by atoms with Crippen LogP contribution in [0, 0.1) is 0 Å². The molecule has 146 valence electrons. The average molecular weight is 391 g/mol. The molecule has 1 aliphatic rings. The molecule has 2 atom stereocenters. The number of carbonyl (C=O) groups excluding carboxylic acids is 1. The lowest BCUT2D eigenvalue weighted by Gasteiger charge is -2.40. The van der Waals surface area contributed by atoms with Crippen LogP contribution < -0.4 is 10.1 Å². The SMILES string of the molecule is C=CCOc1cccc([C@@H]2NC(=S)N([C@H](C)COC)C(C)=C2C(=O)OC)c1. The summed E-state index contributed by atoms with van der Waals surface area (Å²) >= 11 is 5.58. The maximum Gasteiger partial charge on any atom is 0.337 e. The Labute approximate surface area is 165 Å². The van der Waals surface area contributed by atoms with Crippen molar-refractivity contribution in [3.8, 4) is 5.75 Å². The number of nitrogens with one attached hydrogen (secondary N) is 1. The molecular weight excluding hydrogens is 364 g/mol. The second kappa shape index (κ2) is 9.53. The third-order valence-electron chi connectivity index (χ3n) is 4.34. The number of methoxy groups -OCH3 is 2. The predicted octanol–water partition coefficient (Wildman–Crippen LogP) is 2.96. The van der Waals surface area contributed by atoms with Crippen molar-refractivity contribution < 1.29 is 19.0 Å². The Morgan fingerprint density at radius 1 is 1.44 bits per heavy atom. The molecule has 7 heteroatoms. The van der Waals surface area contributed by atoms with E-state index in [1.165, 1.54) is 7.11 Å². The van der Waals surface area contributed by atoms with Gasteiger partial charge in [-0.3, -0.25) is 0 Å². The van der Waals surface area contributed by atoms with E-state index in [-0.39, 0.29) is 6.04 Å². The highest BCUT2D eigenvalue weighted by Gasteiger charge is 2.36. The number of esters is 1. The fourth-order valence-corrected chi connectivity index (χ4v) is 3.60. The van der Waals surface area contributed by atoms with E-state index in [9.17, 15) is 4.79 Å². The number of hydrogen-bond acceptors (Lipinski definition) is 5. The Morgan fingerprint density at radius 3 is 2.81 bits per heavy atom. The first-order valence-electron chi connectivity index (χ1n) is 8.66. The van der Waals surface area contributed by atoms with Crippen LogP contribution in [0.25, 0.3) is 0 Å². The van der Waals surface area contributed by atoms with E-state index in [1.54, 1.807) is 13.2 Å². The van der Waals surface area contributed by atoms with E-state index in [4.69, 9.17) is 26.4 Å². The first-order valence-corrected chi connectivity index (χ1v) is 9.06. The van der Waals surface area contributed by atoms with Crippen molar-refractivity contribution in [2.24, 2.45) is 0 Å². The van der Waals surface area contributed by atoms with Gasteiger partial charge in [-0.15, -0.1) is 0 Å². The number of benzene rings is 1. The zero-order valence-corrected chi connectivity index (χ0v) is 17.0. The fourth-order valence-electron chi connectivity index (χ4n) is 3.17. The van der Waals surface area contributed by atoms with Gasteiger partial charge in [-0.05, 0) is 43.8 Å². The third kappa shape index (κ3) is 4.67. The molecule has 6 nitrogen and oxygen atoms in total. The Balaban J connectivity index is 2.48. The standard InChI is InChI=1S/C20H26N2O4S/c1-6-10-26-16-9-7-8-15(11-16)18-17(19(23)25-5)14(3)22(20(27)21-18)13(2)12-24-4/h6-9,11,13,18H,1,10,12H2,2-5H3,(H,21,27)/t13-,18+/m1/s1. The van der Waals surface area contributed by atoms with E-state index in [1.807, 2.05) is 43.0 Å². The van der Waals surface area contributed by atoms with Crippen molar-refractivity contribution in [2.75, 3.05) is 27.4 Å². The van der Waals surface area contributed by atoms with Crippen LogP contribution in [0.3, 0.4) is 0 Å². The summed E-state index contributed by atoms with van der Waals surface area (Å²) in [5.41, 5.74) is 2.12. The normalized spacial score (nSPS) is 18.0. The molecule has 1 aliphatic heterocycles. The molecule has 1 aromatic carbocycles. The minimum Gasteiger partial charge on any atom is -0.490 e. The van der Waals surface area contributed by atoms with Crippen molar-refractivity contribution in [1.82, 2.24) is 10.2 Å². The number of carbonyl (C=O) groups is 1. The highest BCUT2D eigenvalue weighted by molar-refractivity contribution is 7.80. The zero-order chi connectivity index (χ0) is 20.0. The first kappa shape index (κ1) is 20.9. The van der Waals surface area contributed by atoms with Crippen molar-refractivity contribution >= 4 is 23.3 Å². The van der Waals surface area contributed by atoms with Gasteiger partial charge < -0.3 is 24.4 Å². The van der Waals surface area contributed by atoms with Crippen molar-refractivity contribution in [3.05, 3.63) is 53.8 Å². The summed E-state index contributed by atoms with van der Waals surface area (Å²) in [6.45, 7) is 8.39. The molecule has 1 N–H and O–H groups in total. The number of hydrogen-bond donors (Lipinski definition) is 1. The van der Waals surface area contributed by atoms with Crippen molar-refractivity contribution in [1.29, 1.82) is 0 Å². The molecule has 2 rings (SSSR count). The minimum absolute atomic E-state index is 0.0298. The van der Waals surface area contributed by atoms with E-state index < -0.39 is 12.0 Å². The molecule has 0 aliphatic carbocycles. The molecule has 0 saturated carbocycles. The molecule has 0 bridgehead atoms. The van der Waals surface area contributed by atoms with Gasteiger partial charge in [0, 0.05) is 12.8 Å². The minimum atomic E-state index is -0.428. The molecule has 27 heavy (non-hydrogen) atoms. The number of nitrogens with zero attached hydrogens (tertiary/aromatic N) is 1. The van der Waals surface area contributed by atoms with Gasteiger partial charge in [-0.25, -0.2) is 4.79 Å². The lowest BCUT2D eigenvalue weighted by molar-refractivity contribution is -0.136. The van der Waals surface area contributed by atoms with Gasteiger partial charge in [-0.2, -0.15) is 0 Å². The van der Waals surface area contributed by atoms with Gasteiger partial charge in [0.1, 0.15) is 12.4 Å². The Bertz CT molecular complexity index is 747. The summed E-state index contributed by atoms with van der Waals surface area (Å²) in [6, 6.07) is 7.08. The predicted molar refractivity (Wildman–Crippen MR) is 109 cm³/mol. The van der Waals surface area contributed by atoms with Crippen molar-refractivity contribution in [2.45, 2.75) is 25.9 Å². The molecule has 0 amide bonds. The summed E-state index contributed by atoms with van der Waals surface area (Å²) in [6.07, 6.45) is 1.68. The smallest absolute Gasteiger partial charge is 0.337 e. The van der Waals surface area contributed by atoms with Crippen LogP contribution in [0.1, 0.15) is 25.5 Å². The second-order valence-electron chi connectivity index (χ2n) is 6.22. The molecular formula is C20H26N2O4S.